The summed E-state index contributed by atoms with van der Waals surface area (Å²) in [6.45, 7) is 2.64. The van der Waals surface area contributed by atoms with Crippen molar-refractivity contribution in [2.75, 3.05) is 20.8 Å². The third kappa shape index (κ3) is 1.99. The molecule has 0 aliphatic rings. The second kappa shape index (κ2) is 4.86. The normalized spacial score (nSPS) is 12.3. The standard InChI is InChI=1S/C11H17NO2/c1-8(7-12)11-9(13-2)5-4-6-10(11)14-3/h4-6,8H,7,12H2,1-3H3. The number of ether oxygens (including phenoxy) is 2. The molecule has 1 aromatic rings. The van der Waals surface area contributed by atoms with Gasteiger partial charge in [-0.3, -0.25) is 0 Å². The molecule has 3 nitrogen and oxygen atoms in total. The van der Waals surface area contributed by atoms with Crippen molar-refractivity contribution >= 4 is 0 Å². The quantitative estimate of drug-likeness (QED) is 0.796. The van der Waals surface area contributed by atoms with Crippen LogP contribution in [0.5, 0.6) is 11.5 Å². The Labute approximate surface area is 84.8 Å². The Balaban J connectivity index is 3.18. The third-order valence-electron chi connectivity index (χ3n) is 2.31. The fourth-order valence-electron chi connectivity index (χ4n) is 1.48. The number of benzene rings is 1. The van der Waals surface area contributed by atoms with Gasteiger partial charge in [-0.1, -0.05) is 13.0 Å². The molecule has 0 radical (unpaired) electrons. The van der Waals surface area contributed by atoms with Crippen molar-refractivity contribution in [1.29, 1.82) is 0 Å². The predicted molar refractivity (Wildman–Crippen MR) is 57.0 cm³/mol. The maximum Gasteiger partial charge on any atom is 0.126 e. The van der Waals surface area contributed by atoms with Crippen LogP contribution in [0.15, 0.2) is 18.2 Å². The van der Waals surface area contributed by atoms with Crippen LogP contribution >= 0.6 is 0 Å². The zero-order valence-electron chi connectivity index (χ0n) is 8.91. The lowest BCUT2D eigenvalue weighted by Gasteiger charge is -2.17. The molecule has 0 aliphatic heterocycles. The maximum absolute atomic E-state index is 5.64. The zero-order chi connectivity index (χ0) is 10.6. The van der Waals surface area contributed by atoms with Crippen molar-refractivity contribution in [3.8, 4) is 11.5 Å². The first-order valence-electron chi connectivity index (χ1n) is 4.65. The fourth-order valence-corrected chi connectivity index (χ4v) is 1.48. The largest absolute Gasteiger partial charge is 0.496 e. The molecule has 1 aromatic carbocycles. The Kier molecular flexibility index (Phi) is 3.77. The topological polar surface area (TPSA) is 44.5 Å². The summed E-state index contributed by atoms with van der Waals surface area (Å²) in [5.41, 5.74) is 6.68. The van der Waals surface area contributed by atoms with Crippen molar-refractivity contribution < 1.29 is 9.47 Å². The van der Waals surface area contributed by atoms with Crippen molar-refractivity contribution in [3.63, 3.8) is 0 Å². The van der Waals surface area contributed by atoms with E-state index in [1.807, 2.05) is 18.2 Å². The summed E-state index contributed by atoms with van der Waals surface area (Å²) in [6, 6.07) is 5.75. The van der Waals surface area contributed by atoms with E-state index in [1.54, 1.807) is 14.2 Å². The zero-order valence-corrected chi connectivity index (χ0v) is 8.91. The van der Waals surface area contributed by atoms with Crippen molar-refractivity contribution in [2.45, 2.75) is 12.8 Å². The van der Waals surface area contributed by atoms with Gasteiger partial charge in [-0.15, -0.1) is 0 Å². The molecule has 1 unspecified atom stereocenters. The number of nitrogens with two attached hydrogens (primary N) is 1. The van der Waals surface area contributed by atoms with Crippen LogP contribution in [-0.4, -0.2) is 20.8 Å². The Bertz CT molecular complexity index is 277. The van der Waals surface area contributed by atoms with Crippen LogP contribution in [0.1, 0.15) is 18.4 Å². The van der Waals surface area contributed by atoms with E-state index in [0.29, 0.717) is 6.54 Å². The molecule has 0 saturated heterocycles. The number of rotatable bonds is 4. The van der Waals surface area contributed by atoms with Gasteiger partial charge in [0, 0.05) is 11.5 Å². The summed E-state index contributed by atoms with van der Waals surface area (Å²) in [7, 11) is 3.31. The minimum atomic E-state index is 0.237. The number of methoxy groups -OCH3 is 2. The molecule has 0 spiro atoms. The average Bonchev–Trinajstić information content (AvgIpc) is 2.26. The van der Waals surface area contributed by atoms with Crippen LogP contribution in [0.3, 0.4) is 0 Å². The summed E-state index contributed by atoms with van der Waals surface area (Å²) in [5.74, 6) is 1.91. The summed E-state index contributed by atoms with van der Waals surface area (Å²) >= 11 is 0. The first-order chi connectivity index (χ1) is 6.74. The minimum absolute atomic E-state index is 0.237. The van der Waals surface area contributed by atoms with E-state index >= 15 is 0 Å². The molecule has 3 heteroatoms. The fraction of sp³-hybridized carbons (Fsp3) is 0.455. The number of hydrogen-bond donors (Lipinski definition) is 1. The Morgan fingerprint density at radius 2 is 1.71 bits per heavy atom. The van der Waals surface area contributed by atoms with Gasteiger partial charge in [0.2, 0.25) is 0 Å². The van der Waals surface area contributed by atoms with Gasteiger partial charge in [-0.2, -0.15) is 0 Å². The van der Waals surface area contributed by atoms with Crippen LogP contribution < -0.4 is 15.2 Å². The molecular weight excluding hydrogens is 178 g/mol. The van der Waals surface area contributed by atoms with E-state index in [9.17, 15) is 0 Å². The van der Waals surface area contributed by atoms with E-state index < -0.39 is 0 Å². The second-order valence-corrected chi connectivity index (χ2v) is 3.21. The Morgan fingerprint density at radius 1 is 1.21 bits per heavy atom. The molecule has 0 aromatic heterocycles. The van der Waals surface area contributed by atoms with Gasteiger partial charge >= 0.3 is 0 Å². The smallest absolute Gasteiger partial charge is 0.126 e. The average molecular weight is 195 g/mol. The number of hydrogen-bond acceptors (Lipinski definition) is 3. The van der Waals surface area contributed by atoms with E-state index in [4.69, 9.17) is 15.2 Å². The molecule has 14 heavy (non-hydrogen) atoms. The summed E-state index contributed by atoms with van der Waals surface area (Å²) < 4.78 is 10.6. The van der Waals surface area contributed by atoms with Crippen molar-refractivity contribution in [3.05, 3.63) is 23.8 Å². The van der Waals surface area contributed by atoms with E-state index in [2.05, 4.69) is 6.92 Å². The van der Waals surface area contributed by atoms with Gasteiger partial charge in [-0.25, -0.2) is 0 Å². The summed E-state index contributed by atoms with van der Waals surface area (Å²) in [5, 5.41) is 0. The molecule has 0 saturated carbocycles. The molecule has 2 N–H and O–H groups in total. The van der Waals surface area contributed by atoms with E-state index in [0.717, 1.165) is 17.1 Å². The van der Waals surface area contributed by atoms with Crippen LogP contribution in [0.25, 0.3) is 0 Å². The molecule has 1 atom stereocenters. The highest BCUT2D eigenvalue weighted by atomic mass is 16.5. The van der Waals surface area contributed by atoms with Crippen LogP contribution in [0.2, 0.25) is 0 Å². The Hall–Kier alpha value is -1.22. The summed E-state index contributed by atoms with van der Waals surface area (Å²) in [4.78, 5) is 0. The highest BCUT2D eigenvalue weighted by molar-refractivity contribution is 5.47. The lowest BCUT2D eigenvalue weighted by atomic mass is 9.99. The van der Waals surface area contributed by atoms with Crippen LogP contribution in [-0.2, 0) is 0 Å². The maximum atomic E-state index is 5.64. The van der Waals surface area contributed by atoms with Crippen LogP contribution in [0.4, 0.5) is 0 Å². The molecule has 0 amide bonds. The first-order valence-corrected chi connectivity index (χ1v) is 4.65. The Morgan fingerprint density at radius 3 is 2.07 bits per heavy atom. The van der Waals surface area contributed by atoms with Gasteiger partial charge in [0.05, 0.1) is 14.2 Å². The van der Waals surface area contributed by atoms with Gasteiger partial charge in [0.25, 0.3) is 0 Å². The summed E-state index contributed by atoms with van der Waals surface area (Å²) in [6.07, 6.45) is 0. The molecule has 0 bridgehead atoms. The monoisotopic (exact) mass is 195 g/mol. The van der Waals surface area contributed by atoms with Crippen LogP contribution in [0, 0.1) is 0 Å². The predicted octanol–water partition coefficient (Wildman–Crippen LogP) is 1.77. The van der Waals surface area contributed by atoms with Crippen molar-refractivity contribution in [1.82, 2.24) is 0 Å². The SMILES string of the molecule is COc1cccc(OC)c1C(C)CN. The lowest BCUT2D eigenvalue weighted by molar-refractivity contribution is 0.380. The molecule has 78 valence electrons. The van der Waals surface area contributed by atoms with Gasteiger partial charge < -0.3 is 15.2 Å². The molecule has 0 heterocycles. The minimum Gasteiger partial charge on any atom is -0.496 e. The highest BCUT2D eigenvalue weighted by Crippen LogP contribution is 2.34. The molecular formula is C11H17NO2. The van der Waals surface area contributed by atoms with E-state index in [1.165, 1.54) is 0 Å². The third-order valence-corrected chi connectivity index (χ3v) is 2.31. The van der Waals surface area contributed by atoms with Crippen molar-refractivity contribution in [2.24, 2.45) is 5.73 Å². The van der Waals surface area contributed by atoms with Gasteiger partial charge in [0.1, 0.15) is 11.5 Å². The second-order valence-electron chi connectivity index (χ2n) is 3.21. The molecule has 0 aliphatic carbocycles. The lowest BCUT2D eigenvalue weighted by Crippen LogP contribution is -2.11. The van der Waals surface area contributed by atoms with Gasteiger partial charge in [-0.05, 0) is 18.7 Å². The molecule has 1 rings (SSSR count). The van der Waals surface area contributed by atoms with E-state index in [-0.39, 0.29) is 5.92 Å². The van der Waals surface area contributed by atoms with Gasteiger partial charge in [0.15, 0.2) is 0 Å². The highest BCUT2D eigenvalue weighted by Gasteiger charge is 2.15. The first kappa shape index (κ1) is 10.9. The molecule has 0 fully saturated rings.